The van der Waals surface area contributed by atoms with Crippen LogP contribution in [-0.4, -0.2) is 16.5 Å². The highest BCUT2D eigenvalue weighted by Crippen LogP contribution is 2.51. The maximum atomic E-state index is 11.4. The summed E-state index contributed by atoms with van der Waals surface area (Å²) < 4.78 is 6.01. The molecule has 2 N–H and O–H groups in total. The third-order valence-electron chi connectivity index (χ3n) is 5.70. The third kappa shape index (κ3) is 2.02. The number of rotatable bonds is 1. The molecule has 4 heteroatoms. The molecule has 0 amide bonds. The smallest absolute Gasteiger partial charge is 0.172 e. The van der Waals surface area contributed by atoms with E-state index in [-0.39, 0.29) is 16.7 Å². The number of aldehydes is 1. The zero-order chi connectivity index (χ0) is 17.1. The number of phenols is 2. The molecular weight excluding hydrogens is 304 g/mol. The van der Waals surface area contributed by atoms with Crippen molar-refractivity contribution in [2.75, 3.05) is 0 Å². The van der Waals surface area contributed by atoms with E-state index in [1.54, 1.807) is 0 Å². The lowest BCUT2D eigenvalue weighted by Gasteiger charge is -2.35. The second-order valence-corrected chi connectivity index (χ2v) is 7.60. The Kier molecular flexibility index (Phi) is 3.27. The van der Waals surface area contributed by atoms with Gasteiger partial charge in [0.1, 0.15) is 16.9 Å². The molecule has 0 bridgehead atoms. The van der Waals surface area contributed by atoms with Crippen LogP contribution in [0.5, 0.6) is 11.5 Å². The van der Waals surface area contributed by atoms with Crippen LogP contribution in [0.3, 0.4) is 0 Å². The molecule has 1 aromatic heterocycles. The third-order valence-corrected chi connectivity index (χ3v) is 5.70. The first-order valence-corrected chi connectivity index (χ1v) is 8.62. The molecule has 2 aromatic rings. The molecule has 126 valence electrons. The molecule has 24 heavy (non-hydrogen) atoms. The maximum absolute atomic E-state index is 11.4. The number of hydrogen-bond acceptors (Lipinski definition) is 4. The van der Waals surface area contributed by atoms with Gasteiger partial charge in [0.15, 0.2) is 17.8 Å². The highest BCUT2D eigenvalue weighted by atomic mass is 16.3. The SMILES string of the molecule is CC1(C)CCCC2=C1CCCc1oc3c(C=O)c(O)c(O)cc3c12. The normalized spacial score (nSPS) is 19.8. The molecule has 0 saturated carbocycles. The number of furan rings is 1. The summed E-state index contributed by atoms with van der Waals surface area (Å²) in [5.41, 5.74) is 4.45. The number of fused-ring (bicyclic) bond motifs is 4. The number of aryl methyl sites for hydroxylation is 1. The van der Waals surface area contributed by atoms with Gasteiger partial charge in [-0.3, -0.25) is 4.79 Å². The van der Waals surface area contributed by atoms with Crippen LogP contribution in [-0.2, 0) is 6.42 Å². The number of benzene rings is 1. The summed E-state index contributed by atoms with van der Waals surface area (Å²) >= 11 is 0. The molecular formula is C20H22O4. The zero-order valence-electron chi connectivity index (χ0n) is 14.1. The van der Waals surface area contributed by atoms with Crippen molar-refractivity contribution in [3.8, 4) is 11.5 Å². The molecule has 0 atom stereocenters. The summed E-state index contributed by atoms with van der Waals surface area (Å²) in [5.74, 6) is 0.204. The first-order valence-electron chi connectivity index (χ1n) is 8.62. The van der Waals surface area contributed by atoms with Crippen molar-refractivity contribution in [2.45, 2.75) is 52.4 Å². The van der Waals surface area contributed by atoms with E-state index in [0.29, 0.717) is 11.9 Å². The minimum Gasteiger partial charge on any atom is -0.504 e. The highest BCUT2D eigenvalue weighted by Gasteiger charge is 2.34. The number of aromatic hydroxyl groups is 2. The lowest BCUT2D eigenvalue weighted by molar-refractivity contribution is 0.112. The van der Waals surface area contributed by atoms with Crippen molar-refractivity contribution in [3.05, 3.63) is 28.5 Å². The van der Waals surface area contributed by atoms with Gasteiger partial charge < -0.3 is 14.6 Å². The van der Waals surface area contributed by atoms with E-state index in [0.717, 1.165) is 48.8 Å². The summed E-state index contributed by atoms with van der Waals surface area (Å²) in [4.78, 5) is 11.4. The van der Waals surface area contributed by atoms with Crippen molar-refractivity contribution < 1.29 is 19.4 Å². The predicted molar refractivity (Wildman–Crippen MR) is 92.4 cm³/mol. The van der Waals surface area contributed by atoms with Crippen molar-refractivity contribution in [3.63, 3.8) is 0 Å². The number of allylic oxidation sites excluding steroid dienone is 2. The van der Waals surface area contributed by atoms with Gasteiger partial charge in [-0.05, 0) is 49.2 Å². The van der Waals surface area contributed by atoms with Crippen LogP contribution < -0.4 is 0 Å². The standard InChI is InChI=1S/C20H22O4/c1-20(2)8-4-5-11-14(20)6-3-7-16-17(11)12-9-15(22)18(23)13(10-21)19(12)24-16/h9-10,22-23H,3-8H2,1-2H3. The monoisotopic (exact) mass is 326 g/mol. The highest BCUT2D eigenvalue weighted by molar-refractivity contribution is 6.04. The van der Waals surface area contributed by atoms with Gasteiger partial charge >= 0.3 is 0 Å². The van der Waals surface area contributed by atoms with E-state index in [2.05, 4.69) is 13.8 Å². The van der Waals surface area contributed by atoms with Crippen molar-refractivity contribution >= 4 is 22.8 Å². The quantitative estimate of drug-likeness (QED) is 0.574. The lowest BCUT2D eigenvalue weighted by Crippen LogP contribution is -2.20. The summed E-state index contributed by atoms with van der Waals surface area (Å²) in [6.07, 6.45) is 6.76. The van der Waals surface area contributed by atoms with Crippen LogP contribution in [0.4, 0.5) is 0 Å². The van der Waals surface area contributed by atoms with Crippen LogP contribution in [0.2, 0.25) is 0 Å². The van der Waals surface area contributed by atoms with E-state index in [1.807, 2.05) is 0 Å². The molecule has 0 fully saturated rings. The molecule has 0 aliphatic heterocycles. The first-order chi connectivity index (χ1) is 11.4. The van der Waals surface area contributed by atoms with Crippen LogP contribution >= 0.6 is 0 Å². The van der Waals surface area contributed by atoms with Gasteiger partial charge in [-0.2, -0.15) is 0 Å². The van der Waals surface area contributed by atoms with Crippen molar-refractivity contribution in [1.82, 2.24) is 0 Å². The van der Waals surface area contributed by atoms with Crippen LogP contribution in [0.15, 0.2) is 16.1 Å². The molecule has 0 spiro atoms. The average Bonchev–Trinajstić information content (AvgIpc) is 2.76. The van der Waals surface area contributed by atoms with Gasteiger partial charge in [-0.15, -0.1) is 0 Å². The summed E-state index contributed by atoms with van der Waals surface area (Å²) in [6, 6.07) is 1.54. The fourth-order valence-corrected chi connectivity index (χ4v) is 4.51. The Bertz CT molecular complexity index is 883. The average molecular weight is 326 g/mol. The molecule has 0 unspecified atom stereocenters. The van der Waals surface area contributed by atoms with Gasteiger partial charge in [-0.1, -0.05) is 19.4 Å². The largest absolute Gasteiger partial charge is 0.504 e. The minimum absolute atomic E-state index is 0.0373. The fourth-order valence-electron chi connectivity index (χ4n) is 4.51. The Morgan fingerprint density at radius 3 is 2.71 bits per heavy atom. The Morgan fingerprint density at radius 1 is 1.17 bits per heavy atom. The molecule has 4 rings (SSSR count). The Labute approximate surface area is 140 Å². The Morgan fingerprint density at radius 2 is 1.96 bits per heavy atom. The van der Waals surface area contributed by atoms with Gasteiger partial charge in [0.2, 0.25) is 0 Å². The fraction of sp³-hybridized carbons (Fsp3) is 0.450. The van der Waals surface area contributed by atoms with Crippen LogP contribution in [0.1, 0.15) is 67.6 Å². The van der Waals surface area contributed by atoms with Crippen LogP contribution in [0.25, 0.3) is 16.5 Å². The summed E-state index contributed by atoms with van der Waals surface area (Å²) in [6.45, 7) is 4.60. The molecule has 1 heterocycles. The second-order valence-electron chi connectivity index (χ2n) is 7.60. The summed E-state index contributed by atoms with van der Waals surface area (Å²) in [5, 5.41) is 20.8. The topological polar surface area (TPSA) is 70.7 Å². The van der Waals surface area contributed by atoms with Gasteiger partial charge in [0.25, 0.3) is 0 Å². The second kappa shape index (κ2) is 5.13. The number of hydrogen-bond donors (Lipinski definition) is 2. The number of phenolic OH excluding ortho intramolecular Hbond substituents is 2. The Balaban J connectivity index is 2.09. The van der Waals surface area contributed by atoms with E-state index in [1.165, 1.54) is 23.6 Å². The molecule has 0 radical (unpaired) electrons. The predicted octanol–water partition coefficient (Wildman–Crippen LogP) is 4.96. The van der Waals surface area contributed by atoms with Gasteiger partial charge in [-0.25, -0.2) is 0 Å². The van der Waals surface area contributed by atoms with E-state index in [9.17, 15) is 15.0 Å². The Hall–Kier alpha value is -2.23. The number of carbonyl (C=O) groups excluding carboxylic acids is 1. The molecule has 1 aromatic carbocycles. The van der Waals surface area contributed by atoms with Gasteiger partial charge in [0.05, 0.1) is 0 Å². The lowest BCUT2D eigenvalue weighted by atomic mass is 9.70. The molecule has 2 aliphatic rings. The maximum Gasteiger partial charge on any atom is 0.172 e. The molecule has 4 nitrogen and oxygen atoms in total. The van der Waals surface area contributed by atoms with E-state index < -0.39 is 5.75 Å². The van der Waals surface area contributed by atoms with E-state index in [4.69, 9.17) is 4.42 Å². The number of carbonyl (C=O) groups is 1. The van der Waals surface area contributed by atoms with Crippen molar-refractivity contribution in [2.24, 2.45) is 5.41 Å². The zero-order valence-corrected chi connectivity index (χ0v) is 14.1. The summed E-state index contributed by atoms with van der Waals surface area (Å²) in [7, 11) is 0. The molecule has 0 saturated heterocycles. The van der Waals surface area contributed by atoms with E-state index >= 15 is 0 Å². The van der Waals surface area contributed by atoms with Crippen molar-refractivity contribution in [1.29, 1.82) is 0 Å². The van der Waals surface area contributed by atoms with Gasteiger partial charge in [0, 0.05) is 17.4 Å². The van der Waals surface area contributed by atoms with Crippen LogP contribution in [0, 0.1) is 5.41 Å². The molecule has 2 aliphatic carbocycles. The first kappa shape index (κ1) is 15.3. The minimum atomic E-state index is -0.403.